The second kappa shape index (κ2) is 4.97. The summed E-state index contributed by atoms with van der Waals surface area (Å²) in [6.07, 6.45) is 8.33. The molecule has 0 radical (unpaired) electrons. The summed E-state index contributed by atoms with van der Waals surface area (Å²) in [5.74, 6) is 1.07. The third-order valence-electron chi connectivity index (χ3n) is 3.92. The summed E-state index contributed by atoms with van der Waals surface area (Å²) in [5, 5.41) is 0. The molecule has 0 aromatic carbocycles. The van der Waals surface area contributed by atoms with Crippen molar-refractivity contribution in [2.75, 3.05) is 13.1 Å². The molecule has 15 heavy (non-hydrogen) atoms. The summed E-state index contributed by atoms with van der Waals surface area (Å²) in [5.41, 5.74) is 5.45. The molecule has 0 bridgehead atoms. The zero-order chi connectivity index (χ0) is 10.7. The van der Waals surface area contributed by atoms with Crippen molar-refractivity contribution in [2.24, 2.45) is 11.7 Å². The molecule has 1 unspecified atom stereocenters. The van der Waals surface area contributed by atoms with E-state index in [4.69, 9.17) is 5.73 Å². The Bertz CT molecular complexity index is 224. The maximum atomic E-state index is 11.9. The maximum Gasteiger partial charge on any atom is 0.224 e. The highest BCUT2D eigenvalue weighted by molar-refractivity contribution is 5.77. The van der Waals surface area contributed by atoms with Crippen molar-refractivity contribution in [3.05, 3.63) is 0 Å². The third-order valence-corrected chi connectivity index (χ3v) is 3.92. The molecule has 2 N–H and O–H groups in total. The van der Waals surface area contributed by atoms with Crippen LogP contribution in [0.25, 0.3) is 0 Å². The van der Waals surface area contributed by atoms with E-state index in [1.165, 1.54) is 38.5 Å². The van der Waals surface area contributed by atoms with Gasteiger partial charge < -0.3 is 10.6 Å². The summed E-state index contributed by atoms with van der Waals surface area (Å²) in [6, 6.07) is 0.548. The summed E-state index contributed by atoms with van der Waals surface area (Å²) in [7, 11) is 0. The summed E-state index contributed by atoms with van der Waals surface area (Å²) in [4.78, 5) is 14.0. The van der Waals surface area contributed by atoms with Crippen LogP contribution in [-0.2, 0) is 4.79 Å². The molecule has 1 saturated heterocycles. The molecule has 3 nitrogen and oxygen atoms in total. The highest BCUT2D eigenvalue weighted by Gasteiger charge is 2.35. The summed E-state index contributed by atoms with van der Waals surface area (Å²) >= 11 is 0. The highest BCUT2D eigenvalue weighted by atomic mass is 16.2. The van der Waals surface area contributed by atoms with Gasteiger partial charge in [0.15, 0.2) is 0 Å². The average Bonchev–Trinajstić information content (AvgIpc) is 2.88. The highest BCUT2D eigenvalue weighted by Crippen LogP contribution is 2.35. The van der Waals surface area contributed by atoms with E-state index in [9.17, 15) is 4.79 Å². The van der Waals surface area contributed by atoms with Crippen molar-refractivity contribution in [3.8, 4) is 0 Å². The van der Waals surface area contributed by atoms with E-state index >= 15 is 0 Å². The predicted octanol–water partition coefficient (Wildman–Crippen LogP) is 1.52. The molecule has 1 amide bonds. The number of carbonyl (C=O) groups excluding carboxylic acids is 1. The van der Waals surface area contributed by atoms with E-state index in [0.29, 0.717) is 19.0 Å². The number of hydrogen-bond donors (Lipinski definition) is 1. The summed E-state index contributed by atoms with van der Waals surface area (Å²) < 4.78 is 0. The van der Waals surface area contributed by atoms with Crippen molar-refractivity contribution >= 4 is 5.91 Å². The zero-order valence-electron chi connectivity index (χ0n) is 9.45. The fraction of sp³-hybridized carbons (Fsp3) is 0.917. The summed E-state index contributed by atoms with van der Waals surface area (Å²) in [6.45, 7) is 1.46. The number of hydrogen-bond acceptors (Lipinski definition) is 2. The largest absolute Gasteiger partial charge is 0.339 e. The molecular weight excluding hydrogens is 188 g/mol. The minimum absolute atomic E-state index is 0.284. The number of likely N-dealkylation sites (tertiary alicyclic amines) is 1. The smallest absolute Gasteiger partial charge is 0.224 e. The monoisotopic (exact) mass is 210 g/mol. The minimum Gasteiger partial charge on any atom is -0.339 e. The Balaban J connectivity index is 1.94. The number of rotatable bonds is 3. The topological polar surface area (TPSA) is 46.3 Å². The van der Waals surface area contributed by atoms with Crippen LogP contribution in [0, 0.1) is 5.92 Å². The standard InChI is InChI=1S/C12H22N2O/c13-8-7-12(15)14-9-3-6-11(14)10-4-1-2-5-10/h10-11H,1-9,13H2. The van der Waals surface area contributed by atoms with Crippen LogP contribution >= 0.6 is 0 Å². The van der Waals surface area contributed by atoms with Crippen LogP contribution in [0.15, 0.2) is 0 Å². The SMILES string of the molecule is NCCC(=O)N1CCCC1C1CCCC1. The number of carbonyl (C=O) groups is 1. The molecule has 1 saturated carbocycles. The molecule has 2 aliphatic rings. The van der Waals surface area contributed by atoms with Gasteiger partial charge in [-0.25, -0.2) is 0 Å². The first-order valence-electron chi connectivity index (χ1n) is 6.32. The maximum absolute atomic E-state index is 11.9. The quantitative estimate of drug-likeness (QED) is 0.767. The molecular formula is C12H22N2O. The lowest BCUT2D eigenvalue weighted by atomic mass is 9.96. The van der Waals surface area contributed by atoms with Crippen molar-refractivity contribution in [3.63, 3.8) is 0 Å². The Hall–Kier alpha value is -0.570. The van der Waals surface area contributed by atoms with Crippen molar-refractivity contribution in [2.45, 2.75) is 51.0 Å². The van der Waals surface area contributed by atoms with E-state index in [1.807, 2.05) is 0 Å². The van der Waals surface area contributed by atoms with Gasteiger partial charge in [-0.2, -0.15) is 0 Å². The average molecular weight is 210 g/mol. The van der Waals surface area contributed by atoms with Gasteiger partial charge in [-0.05, 0) is 31.6 Å². The van der Waals surface area contributed by atoms with E-state index in [2.05, 4.69) is 4.90 Å². The first-order chi connectivity index (χ1) is 7.33. The Morgan fingerprint density at radius 1 is 1.20 bits per heavy atom. The van der Waals surface area contributed by atoms with Gasteiger partial charge in [-0.1, -0.05) is 12.8 Å². The Labute approximate surface area is 92.0 Å². The van der Waals surface area contributed by atoms with Crippen molar-refractivity contribution in [1.82, 2.24) is 4.90 Å². The molecule has 1 atom stereocenters. The molecule has 2 rings (SSSR count). The normalized spacial score (nSPS) is 27.5. The molecule has 86 valence electrons. The molecule has 1 aliphatic heterocycles. The number of nitrogens with two attached hydrogens (primary N) is 1. The Morgan fingerprint density at radius 2 is 1.93 bits per heavy atom. The molecule has 0 spiro atoms. The number of nitrogens with zero attached hydrogens (tertiary/aromatic N) is 1. The van der Waals surface area contributed by atoms with Crippen LogP contribution in [0.1, 0.15) is 44.9 Å². The second-order valence-corrected chi connectivity index (χ2v) is 4.88. The van der Waals surface area contributed by atoms with E-state index in [-0.39, 0.29) is 5.91 Å². The van der Waals surface area contributed by atoms with Crippen LogP contribution in [-0.4, -0.2) is 29.9 Å². The van der Waals surface area contributed by atoms with Gasteiger partial charge >= 0.3 is 0 Å². The second-order valence-electron chi connectivity index (χ2n) is 4.88. The van der Waals surface area contributed by atoms with Gasteiger partial charge in [0.25, 0.3) is 0 Å². The molecule has 2 fully saturated rings. The molecule has 1 heterocycles. The van der Waals surface area contributed by atoms with Crippen LogP contribution < -0.4 is 5.73 Å². The fourth-order valence-electron chi connectivity index (χ4n) is 3.20. The predicted molar refractivity (Wildman–Crippen MR) is 60.4 cm³/mol. The van der Waals surface area contributed by atoms with E-state index < -0.39 is 0 Å². The van der Waals surface area contributed by atoms with E-state index in [0.717, 1.165) is 12.5 Å². The molecule has 3 heteroatoms. The Kier molecular flexibility index (Phi) is 3.62. The minimum atomic E-state index is 0.284. The number of amides is 1. The first-order valence-corrected chi connectivity index (χ1v) is 6.32. The van der Waals surface area contributed by atoms with Crippen LogP contribution in [0.5, 0.6) is 0 Å². The van der Waals surface area contributed by atoms with Crippen LogP contribution in [0.4, 0.5) is 0 Å². The van der Waals surface area contributed by atoms with Crippen molar-refractivity contribution < 1.29 is 4.79 Å². The lowest BCUT2D eigenvalue weighted by Crippen LogP contribution is -2.40. The van der Waals surface area contributed by atoms with Gasteiger partial charge in [0.05, 0.1) is 0 Å². The lowest BCUT2D eigenvalue weighted by Gasteiger charge is -2.29. The fourth-order valence-corrected chi connectivity index (χ4v) is 3.20. The molecule has 0 aromatic rings. The van der Waals surface area contributed by atoms with Gasteiger partial charge in [-0.3, -0.25) is 4.79 Å². The van der Waals surface area contributed by atoms with Gasteiger partial charge in [0, 0.05) is 25.6 Å². The van der Waals surface area contributed by atoms with Crippen LogP contribution in [0.2, 0.25) is 0 Å². The van der Waals surface area contributed by atoms with Gasteiger partial charge in [-0.15, -0.1) is 0 Å². The molecule has 0 aromatic heterocycles. The zero-order valence-corrected chi connectivity index (χ0v) is 9.45. The molecule has 1 aliphatic carbocycles. The van der Waals surface area contributed by atoms with Gasteiger partial charge in [0.1, 0.15) is 0 Å². The Morgan fingerprint density at radius 3 is 2.60 bits per heavy atom. The van der Waals surface area contributed by atoms with Crippen molar-refractivity contribution in [1.29, 1.82) is 0 Å². The lowest BCUT2D eigenvalue weighted by molar-refractivity contribution is -0.132. The van der Waals surface area contributed by atoms with Crippen LogP contribution in [0.3, 0.4) is 0 Å². The van der Waals surface area contributed by atoms with Gasteiger partial charge in [0.2, 0.25) is 5.91 Å². The third kappa shape index (κ3) is 2.33. The van der Waals surface area contributed by atoms with E-state index in [1.54, 1.807) is 0 Å². The first kappa shape index (κ1) is 10.9.